The highest BCUT2D eigenvalue weighted by atomic mass is 32.2. The predicted molar refractivity (Wildman–Crippen MR) is 108 cm³/mol. The molecule has 0 radical (unpaired) electrons. The molecule has 0 aliphatic carbocycles. The quantitative estimate of drug-likeness (QED) is 0.394. The fraction of sp³-hybridized carbons (Fsp3) is 0.684. The van der Waals surface area contributed by atoms with Crippen LogP contribution >= 0.6 is 23.5 Å². The van der Waals surface area contributed by atoms with Gasteiger partial charge < -0.3 is 0 Å². The molecule has 1 aromatic rings. The molecule has 0 saturated carbocycles. The Balaban J connectivity index is 1.58. The van der Waals surface area contributed by atoms with E-state index in [1.807, 2.05) is 23.5 Å². The average molecular weight is 371 g/mol. The minimum Gasteiger partial charge on any atom is -0.258 e. The number of benzene rings is 1. The van der Waals surface area contributed by atoms with Crippen LogP contribution in [0.25, 0.3) is 0 Å². The SMILES string of the molecule is CC(C)(CCCCCSc1ccccc1)C[C@@H]1SCCC[S@@]1=O. The van der Waals surface area contributed by atoms with Crippen molar-refractivity contribution in [3.8, 4) is 0 Å². The summed E-state index contributed by atoms with van der Waals surface area (Å²) in [5.41, 5.74) is 0.331. The summed E-state index contributed by atoms with van der Waals surface area (Å²) in [7, 11) is -0.596. The van der Waals surface area contributed by atoms with Gasteiger partial charge in [-0.3, -0.25) is 4.21 Å². The van der Waals surface area contributed by atoms with Gasteiger partial charge >= 0.3 is 0 Å². The Hall–Kier alpha value is 0.0700. The molecule has 0 unspecified atom stereocenters. The van der Waals surface area contributed by atoms with Crippen molar-refractivity contribution in [3.63, 3.8) is 0 Å². The molecule has 1 aliphatic rings. The largest absolute Gasteiger partial charge is 0.258 e. The summed E-state index contributed by atoms with van der Waals surface area (Å²) >= 11 is 3.90. The Morgan fingerprint density at radius 3 is 2.74 bits per heavy atom. The van der Waals surface area contributed by atoms with Gasteiger partial charge in [0.1, 0.15) is 0 Å². The third-order valence-electron chi connectivity index (χ3n) is 4.32. The van der Waals surface area contributed by atoms with Gasteiger partial charge in [-0.2, -0.15) is 0 Å². The van der Waals surface area contributed by atoms with Crippen LogP contribution in [0.1, 0.15) is 52.4 Å². The van der Waals surface area contributed by atoms with Crippen LogP contribution in [-0.2, 0) is 10.8 Å². The second-order valence-corrected chi connectivity index (χ2v) is 11.6. The number of unbranched alkanes of at least 4 members (excludes halogenated alkanes) is 2. The van der Waals surface area contributed by atoms with Gasteiger partial charge in [0.2, 0.25) is 0 Å². The van der Waals surface area contributed by atoms with Gasteiger partial charge in [0, 0.05) is 21.4 Å². The maximum atomic E-state index is 12.1. The summed E-state index contributed by atoms with van der Waals surface area (Å²) in [5, 5.41) is 0. The molecule has 0 spiro atoms. The molecule has 2 rings (SSSR count). The van der Waals surface area contributed by atoms with Crippen molar-refractivity contribution in [2.75, 3.05) is 17.3 Å². The van der Waals surface area contributed by atoms with Crippen LogP contribution in [0.2, 0.25) is 0 Å². The molecule has 1 saturated heterocycles. The fourth-order valence-electron chi connectivity index (χ4n) is 2.92. The van der Waals surface area contributed by atoms with Crippen molar-refractivity contribution in [3.05, 3.63) is 30.3 Å². The molecule has 1 heterocycles. The number of hydrogen-bond donors (Lipinski definition) is 0. The van der Waals surface area contributed by atoms with Gasteiger partial charge in [-0.25, -0.2) is 0 Å². The van der Waals surface area contributed by atoms with Crippen LogP contribution in [0.15, 0.2) is 35.2 Å². The van der Waals surface area contributed by atoms with Crippen molar-refractivity contribution < 1.29 is 4.21 Å². The lowest BCUT2D eigenvalue weighted by Gasteiger charge is -2.31. The topological polar surface area (TPSA) is 17.1 Å². The molecular formula is C19H30OS3. The normalized spacial score (nSPS) is 22.2. The van der Waals surface area contributed by atoms with Gasteiger partial charge in [0.25, 0.3) is 0 Å². The van der Waals surface area contributed by atoms with Gasteiger partial charge in [-0.05, 0) is 54.7 Å². The summed E-state index contributed by atoms with van der Waals surface area (Å²) < 4.78 is 12.5. The first-order valence-corrected chi connectivity index (χ1v) is 12.2. The van der Waals surface area contributed by atoms with E-state index < -0.39 is 10.8 Å². The molecule has 23 heavy (non-hydrogen) atoms. The summed E-state index contributed by atoms with van der Waals surface area (Å²) in [5.74, 6) is 3.33. The summed E-state index contributed by atoms with van der Waals surface area (Å²) in [6.07, 6.45) is 7.41. The van der Waals surface area contributed by atoms with Crippen molar-refractivity contribution in [2.24, 2.45) is 5.41 Å². The maximum Gasteiger partial charge on any atom is 0.0806 e. The van der Waals surface area contributed by atoms with E-state index in [0.29, 0.717) is 10.00 Å². The van der Waals surface area contributed by atoms with E-state index in [0.717, 1.165) is 18.6 Å². The smallest absolute Gasteiger partial charge is 0.0806 e. The van der Waals surface area contributed by atoms with Gasteiger partial charge in [-0.1, -0.05) is 44.9 Å². The lowest BCUT2D eigenvalue weighted by atomic mass is 9.84. The van der Waals surface area contributed by atoms with Gasteiger partial charge in [0.05, 0.1) is 4.58 Å². The Kier molecular flexibility index (Phi) is 8.56. The molecular weight excluding hydrogens is 340 g/mol. The second kappa shape index (κ2) is 10.1. The molecule has 0 N–H and O–H groups in total. The molecule has 0 amide bonds. The molecule has 2 atom stereocenters. The molecule has 0 aromatic heterocycles. The summed E-state index contributed by atoms with van der Waals surface area (Å²) in [6.45, 7) is 4.72. The first-order chi connectivity index (χ1) is 11.1. The minimum atomic E-state index is -0.596. The Bertz CT molecular complexity index is 473. The van der Waals surface area contributed by atoms with E-state index in [9.17, 15) is 4.21 Å². The third-order valence-corrected chi connectivity index (χ3v) is 8.97. The molecule has 130 valence electrons. The maximum absolute atomic E-state index is 12.1. The van der Waals surface area contributed by atoms with Gasteiger partial charge in [0.15, 0.2) is 0 Å². The zero-order valence-electron chi connectivity index (χ0n) is 14.5. The number of thioether (sulfide) groups is 2. The fourth-order valence-corrected chi connectivity index (χ4v) is 7.69. The summed E-state index contributed by atoms with van der Waals surface area (Å²) in [6, 6.07) is 10.7. The lowest BCUT2D eigenvalue weighted by Crippen LogP contribution is -2.27. The first kappa shape index (κ1) is 19.4. The van der Waals surface area contributed by atoms with Crippen LogP contribution in [0.4, 0.5) is 0 Å². The van der Waals surface area contributed by atoms with Crippen LogP contribution in [0.3, 0.4) is 0 Å². The number of rotatable bonds is 9. The van der Waals surface area contributed by atoms with Crippen LogP contribution in [-0.4, -0.2) is 26.0 Å². The van der Waals surface area contributed by atoms with E-state index in [2.05, 4.69) is 44.2 Å². The predicted octanol–water partition coefficient (Wildman–Crippen LogP) is 5.97. The minimum absolute atomic E-state index is 0.331. The molecule has 4 heteroatoms. The zero-order chi connectivity index (χ0) is 16.5. The third kappa shape index (κ3) is 7.66. The highest BCUT2D eigenvalue weighted by Crippen LogP contribution is 2.36. The zero-order valence-corrected chi connectivity index (χ0v) is 16.9. The monoisotopic (exact) mass is 370 g/mol. The van der Waals surface area contributed by atoms with Crippen LogP contribution < -0.4 is 0 Å². The van der Waals surface area contributed by atoms with Crippen molar-refractivity contribution >= 4 is 34.3 Å². The van der Waals surface area contributed by atoms with Crippen molar-refractivity contribution in [1.29, 1.82) is 0 Å². The van der Waals surface area contributed by atoms with E-state index >= 15 is 0 Å². The van der Waals surface area contributed by atoms with Crippen LogP contribution in [0.5, 0.6) is 0 Å². The van der Waals surface area contributed by atoms with Crippen molar-refractivity contribution in [2.45, 2.75) is 61.8 Å². The molecule has 1 fully saturated rings. The van der Waals surface area contributed by atoms with E-state index in [-0.39, 0.29) is 0 Å². The lowest BCUT2D eigenvalue weighted by molar-refractivity contribution is 0.306. The highest BCUT2D eigenvalue weighted by Gasteiger charge is 2.28. The van der Waals surface area contributed by atoms with Crippen molar-refractivity contribution in [1.82, 2.24) is 0 Å². The standard InChI is InChI=1S/C19H30OS3/c1-19(2,16-18-22-14-9-15-23(18)20)12-7-4-8-13-21-17-10-5-3-6-11-17/h3,5-6,10-11,18H,4,7-9,12-16H2,1-2H3/t18-,23+/m1/s1. The first-order valence-electron chi connectivity index (χ1n) is 8.73. The molecule has 1 aromatic carbocycles. The van der Waals surface area contributed by atoms with Gasteiger partial charge in [-0.15, -0.1) is 23.5 Å². The van der Waals surface area contributed by atoms with Crippen LogP contribution in [0, 0.1) is 5.41 Å². The summed E-state index contributed by atoms with van der Waals surface area (Å²) in [4.78, 5) is 1.38. The second-order valence-electron chi connectivity index (χ2n) is 7.08. The average Bonchev–Trinajstić information content (AvgIpc) is 2.54. The Morgan fingerprint density at radius 2 is 2.00 bits per heavy atom. The highest BCUT2D eigenvalue weighted by molar-refractivity contribution is 8.11. The Morgan fingerprint density at radius 1 is 1.22 bits per heavy atom. The van der Waals surface area contributed by atoms with E-state index in [1.54, 1.807) is 0 Å². The Labute approximate surface area is 153 Å². The molecule has 1 aliphatic heterocycles. The molecule has 0 bridgehead atoms. The van der Waals surface area contributed by atoms with E-state index in [1.165, 1.54) is 42.1 Å². The number of hydrogen-bond acceptors (Lipinski definition) is 3. The van der Waals surface area contributed by atoms with E-state index in [4.69, 9.17) is 0 Å². The molecule has 1 nitrogen and oxygen atoms in total.